The average Bonchev–Trinajstić information content (AvgIpc) is 2.64. The predicted octanol–water partition coefficient (Wildman–Crippen LogP) is 2.69. The zero-order valence-corrected chi connectivity index (χ0v) is 18.0. The first kappa shape index (κ1) is 27.0. The highest BCUT2D eigenvalue weighted by molar-refractivity contribution is 7.47. The lowest BCUT2D eigenvalue weighted by Gasteiger charge is -2.15. The van der Waals surface area contributed by atoms with Crippen LogP contribution in [-0.4, -0.2) is 54.3 Å². The molecule has 0 aliphatic rings. The van der Waals surface area contributed by atoms with Gasteiger partial charge in [-0.15, -0.1) is 0 Å². The quantitative estimate of drug-likeness (QED) is 0.174. The Bertz CT molecular complexity index is 475. The fraction of sp³-hybridized carbons (Fsp3) is 0.889. The molecule has 0 aromatic heterocycles. The molecule has 2 atom stereocenters. The molecule has 2 unspecified atom stereocenters. The fourth-order valence-corrected chi connectivity index (χ4v) is 3.10. The second kappa shape index (κ2) is 16.9. The lowest BCUT2D eigenvalue weighted by Crippen LogP contribution is -2.27. The Kier molecular flexibility index (Phi) is 16.3. The summed E-state index contributed by atoms with van der Waals surface area (Å²) in [5.41, 5.74) is 0. The molecule has 0 aromatic carbocycles. The Labute approximate surface area is 167 Å². The van der Waals surface area contributed by atoms with E-state index in [1.54, 1.807) is 0 Å². The van der Waals surface area contributed by atoms with Gasteiger partial charge in [0.05, 0.1) is 13.2 Å². The van der Waals surface area contributed by atoms with E-state index in [9.17, 15) is 24.2 Å². The van der Waals surface area contributed by atoms with Crippen molar-refractivity contribution in [3.8, 4) is 0 Å². The Morgan fingerprint density at radius 2 is 1.61 bits per heavy atom. The van der Waals surface area contributed by atoms with E-state index in [4.69, 9.17) is 4.52 Å². The predicted molar refractivity (Wildman–Crippen MR) is 105 cm³/mol. The third-order valence-electron chi connectivity index (χ3n) is 3.85. The van der Waals surface area contributed by atoms with Gasteiger partial charge in [-0.25, -0.2) is 4.57 Å². The van der Waals surface area contributed by atoms with Crippen molar-refractivity contribution in [2.75, 3.05) is 26.4 Å². The summed E-state index contributed by atoms with van der Waals surface area (Å²) < 4.78 is 25.4. The van der Waals surface area contributed by atoms with Gasteiger partial charge < -0.3 is 20.1 Å². The molecule has 3 N–H and O–H groups in total. The van der Waals surface area contributed by atoms with Crippen LogP contribution in [-0.2, 0) is 27.9 Å². The zero-order chi connectivity index (χ0) is 21.3. The molecule has 0 aliphatic heterocycles. The van der Waals surface area contributed by atoms with Gasteiger partial charge in [-0.1, -0.05) is 51.9 Å². The normalized spacial score (nSPS) is 14.3. The number of esters is 1. The molecule has 0 fully saturated rings. The summed E-state index contributed by atoms with van der Waals surface area (Å²) in [6.45, 7) is 2.39. The lowest BCUT2D eigenvalue weighted by molar-refractivity contribution is -0.144. The van der Waals surface area contributed by atoms with Crippen LogP contribution in [0.15, 0.2) is 0 Å². The van der Waals surface area contributed by atoms with Crippen molar-refractivity contribution in [3.05, 3.63) is 0 Å². The first-order chi connectivity index (χ1) is 13.3. The summed E-state index contributed by atoms with van der Waals surface area (Å²) in [5, 5.41) is 12.0. The minimum atomic E-state index is -4.35. The van der Waals surface area contributed by atoms with Gasteiger partial charge in [0.25, 0.3) is 0 Å². The molecule has 9 nitrogen and oxygen atoms in total. The summed E-state index contributed by atoms with van der Waals surface area (Å²) in [7, 11) is -4.35. The maximum atomic E-state index is 11.7. The molecule has 0 bridgehead atoms. The molecule has 0 spiro atoms. The number of nitrogens with one attached hydrogen (secondary N) is 1. The number of hydrogen-bond acceptors (Lipinski definition) is 7. The number of aliphatic hydroxyl groups excluding tert-OH is 1. The first-order valence-corrected chi connectivity index (χ1v) is 11.5. The third-order valence-corrected chi connectivity index (χ3v) is 4.83. The van der Waals surface area contributed by atoms with Gasteiger partial charge in [-0.3, -0.25) is 18.6 Å². The minimum Gasteiger partial charge on any atom is -0.463 e. The van der Waals surface area contributed by atoms with E-state index in [-0.39, 0.29) is 25.7 Å². The van der Waals surface area contributed by atoms with Crippen molar-refractivity contribution in [2.24, 2.45) is 0 Å². The van der Waals surface area contributed by atoms with Crippen LogP contribution in [0.1, 0.15) is 71.6 Å². The zero-order valence-electron chi connectivity index (χ0n) is 17.1. The van der Waals surface area contributed by atoms with Crippen molar-refractivity contribution in [1.29, 1.82) is 0 Å². The van der Waals surface area contributed by atoms with Gasteiger partial charge in [0, 0.05) is 19.9 Å². The van der Waals surface area contributed by atoms with Crippen LogP contribution in [0.4, 0.5) is 0 Å². The third kappa shape index (κ3) is 18.4. The van der Waals surface area contributed by atoms with Crippen molar-refractivity contribution in [3.63, 3.8) is 0 Å². The monoisotopic (exact) mass is 425 g/mol. The van der Waals surface area contributed by atoms with Gasteiger partial charge in [-0.2, -0.15) is 0 Å². The van der Waals surface area contributed by atoms with Crippen LogP contribution in [0.3, 0.4) is 0 Å². The van der Waals surface area contributed by atoms with Gasteiger partial charge in [0.2, 0.25) is 5.91 Å². The molecular formula is C18H36NO8P. The molecular weight excluding hydrogens is 389 g/mol. The van der Waals surface area contributed by atoms with E-state index in [1.807, 2.05) is 0 Å². The van der Waals surface area contributed by atoms with E-state index in [0.29, 0.717) is 6.42 Å². The number of phosphoric ester groups is 1. The van der Waals surface area contributed by atoms with Crippen molar-refractivity contribution < 1.29 is 37.9 Å². The van der Waals surface area contributed by atoms with E-state index < -0.39 is 26.5 Å². The minimum absolute atomic E-state index is 0.0831. The highest BCUT2D eigenvalue weighted by atomic mass is 31.2. The summed E-state index contributed by atoms with van der Waals surface area (Å²) in [6, 6.07) is 0. The molecule has 0 aliphatic carbocycles. The first-order valence-electron chi connectivity index (χ1n) is 9.97. The van der Waals surface area contributed by atoms with Crippen LogP contribution >= 0.6 is 7.82 Å². The standard InChI is InChI=1S/C18H36NO8P/c1-3-4-5-6-7-8-9-10-11-18(22)19-12-13-26-28(23,24)27-15-17(21)14-25-16(2)20/h17,21H,3-15H2,1-2H3,(H,19,22)(H,23,24). The molecule has 0 rings (SSSR count). The second-order valence-corrected chi connectivity index (χ2v) is 8.08. The molecule has 0 heterocycles. The Balaban J connectivity index is 3.63. The molecule has 0 aromatic rings. The number of amides is 1. The smallest absolute Gasteiger partial charge is 0.463 e. The largest absolute Gasteiger partial charge is 0.472 e. The van der Waals surface area contributed by atoms with Crippen LogP contribution < -0.4 is 5.32 Å². The highest BCUT2D eigenvalue weighted by Gasteiger charge is 2.23. The maximum Gasteiger partial charge on any atom is 0.472 e. The lowest BCUT2D eigenvalue weighted by atomic mass is 10.1. The maximum absolute atomic E-state index is 11.7. The number of rotatable bonds is 18. The van der Waals surface area contributed by atoms with Crippen LogP contribution in [0.5, 0.6) is 0 Å². The van der Waals surface area contributed by atoms with Crippen LogP contribution in [0, 0.1) is 0 Å². The summed E-state index contributed by atoms with van der Waals surface area (Å²) in [5.74, 6) is -0.703. The Morgan fingerprint density at radius 1 is 1.00 bits per heavy atom. The summed E-state index contributed by atoms with van der Waals surface area (Å²) in [6.07, 6.45) is 8.41. The second-order valence-electron chi connectivity index (χ2n) is 6.63. The van der Waals surface area contributed by atoms with Gasteiger partial charge in [-0.05, 0) is 6.42 Å². The molecule has 166 valence electrons. The number of carbonyl (C=O) groups is 2. The van der Waals surface area contributed by atoms with Crippen LogP contribution in [0.25, 0.3) is 0 Å². The molecule has 1 amide bonds. The van der Waals surface area contributed by atoms with Gasteiger partial charge in [0.1, 0.15) is 12.7 Å². The summed E-state index contributed by atoms with van der Waals surface area (Å²) in [4.78, 5) is 31.7. The molecule has 0 radical (unpaired) electrons. The van der Waals surface area contributed by atoms with Gasteiger partial charge in [0.15, 0.2) is 0 Å². The molecule has 0 saturated heterocycles. The van der Waals surface area contributed by atoms with E-state index in [0.717, 1.165) is 19.3 Å². The number of ether oxygens (including phenoxy) is 1. The number of phosphoric acid groups is 1. The number of carbonyl (C=O) groups excluding carboxylic acids is 2. The number of aliphatic hydroxyl groups is 1. The molecule has 28 heavy (non-hydrogen) atoms. The van der Waals surface area contributed by atoms with Crippen LogP contribution in [0.2, 0.25) is 0 Å². The van der Waals surface area contributed by atoms with E-state index in [2.05, 4.69) is 21.5 Å². The van der Waals surface area contributed by atoms with E-state index in [1.165, 1.54) is 39.0 Å². The molecule has 10 heteroatoms. The fourth-order valence-electron chi connectivity index (χ4n) is 2.34. The number of hydrogen-bond donors (Lipinski definition) is 3. The topological polar surface area (TPSA) is 131 Å². The Hall–Kier alpha value is -0.990. The number of unbranched alkanes of at least 4 members (excludes halogenated alkanes) is 7. The van der Waals surface area contributed by atoms with Gasteiger partial charge >= 0.3 is 13.8 Å². The Morgan fingerprint density at radius 3 is 2.21 bits per heavy atom. The van der Waals surface area contributed by atoms with E-state index >= 15 is 0 Å². The average molecular weight is 425 g/mol. The van der Waals surface area contributed by atoms with Crippen molar-refractivity contribution in [2.45, 2.75) is 77.7 Å². The summed E-state index contributed by atoms with van der Waals surface area (Å²) >= 11 is 0. The molecule has 0 saturated carbocycles. The van der Waals surface area contributed by atoms with Crippen molar-refractivity contribution in [1.82, 2.24) is 5.32 Å². The van der Waals surface area contributed by atoms with Crippen molar-refractivity contribution >= 4 is 19.7 Å². The SMILES string of the molecule is CCCCCCCCCCC(=O)NCCOP(=O)(O)OCC(O)COC(C)=O. The highest BCUT2D eigenvalue weighted by Crippen LogP contribution is 2.42.